The van der Waals surface area contributed by atoms with Crippen LogP contribution in [0.5, 0.6) is 0 Å². The van der Waals surface area contributed by atoms with Crippen LogP contribution in [-0.4, -0.2) is 48.8 Å². The van der Waals surface area contributed by atoms with Crippen molar-refractivity contribution in [1.29, 1.82) is 0 Å². The molecule has 4 nitrogen and oxygen atoms in total. The Hall–Kier alpha value is -0.880. The number of halogens is 1. The number of morpholine rings is 1. The number of benzene rings is 1. The molecule has 1 atom stereocenters. The van der Waals surface area contributed by atoms with Gasteiger partial charge in [0.2, 0.25) is 0 Å². The highest BCUT2D eigenvalue weighted by molar-refractivity contribution is 7.80. The number of ether oxygens (including phenoxy) is 1. The van der Waals surface area contributed by atoms with Crippen LogP contribution in [0.1, 0.15) is 12.5 Å². The molecule has 1 aliphatic heterocycles. The first kappa shape index (κ1) is 15.5. The second-order valence-electron chi connectivity index (χ2n) is 4.99. The lowest BCUT2D eigenvalue weighted by Gasteiger charge is -2.30. The molecule has 6 heteroatoms. The molecule has 1 aromatic rings. The van der Waals surface area contributed by atoms with Crippen molar-refractivity contribution in [3.63, 3.8) is 0 Å². The van der Waals surface area contributed by atoms with Crippen LogP contribution < -0.4 is 11.1 Å². The molecule has 0 aliphatic carbocycles. The van der Waals surface area contributed by atoms with Gasteiger partial charge in [-0.3, -0.25) is 4.90 Å². The van der Waals surface area contributed by atoms with Gasteiger partial charge in [-0.25, -0.2) is 0 Å². The standard InChI is InChI=1S/C14H20ClN3OS/c1-10(9-18-5-7-19-8-6-18)17-12-4-2-3-11(15)13(12)14(16)20/h2-4,10,17H,5-9H2,1H3,(H2,16,20). The number of nitrogens with two attached hydrogens (primary N) is 1. The first-order chi connectivity index (χ1) is 9.58. The molecule has 0 aromatic heterocycles. The van der Waals surface area contributed by atoms with Gasteiger partial charge >= 0.3 is 0 Å². The number of thiocarbonyl (C=S) groups is 1. The van der Waals surface area contributed by atoms with Crippen molar-refractivity contribution < 1.29 is 4.74 Å². The maximum Gasteiger partial charge on any atom is 0.107 e. The number of nitrogens with zero attached hydrogens (tertiary/aromatic N) is 1. The second kappa shape index (κ2) is 7.22. The van der Waals surface area contributed by atoms with Crippen molar-refractivity contribution in [2.24, 2.45) is 5.73 Å². The highest BCUT2D eigenvalue weighted by Gasteiger charge is 2.16. The lowest BCUT2D eigenvalue weighted by molar-refractivity contribution is 0.0368. The smallest absolute Gasteiger partial charge is 0.107 e. The molecule has 1 fully saturated rings. The van der Waals surface area contributed by atoms with E-state index in [1.165, 1.54) is 0 Å². The van der Waals surface area contributed by atoms with Crippen LogP contribution in [0, 0.1) is 0 Å². The zero-order valence-corrected chi connectivity index (χ0v) is 13.1. The van der Waals surface area contributed by atoms with E-state index in [1.807, 2.05) is 12.1 Å². The lowest BCUT2D eigenvalue weighted by Crippen LogP contribution is -2.42. The highest BCUT2D eigenvalue weighted by Crippen LogP contribution is 2.24. The molecule has 1 heterocycles. The van der Waals surface area contributed by atoms with Crippen LogP contribution in [0.2, 0.25) is 5.02 Å². The molecule has 0 spiro atoms. The van der Waals surface area contributed by atoms with Gasteiger partial charge in [0.25, 0.3) is 0 Å². The molecule has 1 aromatic carbocycles. The van der Waals surface area contributed by atoms with Gasteiger partial charge in [-0.05, 0) is 19.1 Å². The minimum absolute atomic E-state index is 0.277. The molecular weight excluding hydrogens is 294 g/mol. The number of rotatable bonds is 5. The summed E-state index contributed by atoms with van der Waals surface area (Å²) in [7, 11) is 0. The van der Waals surface area contributed by atoms with E-state index in [4.69, 9.17) is 34.3 Å². The predicted octanol–water partition coefficient (Wildman–Crippen LogP) is 2.11. The average Bonchev–Trinajstić information content (AvgIpc) is 2.39. The molecule has 0 saturated carbocycles. The van der Waals surface area contributed by atoms with E-state index in [0.29, 0.717) is 10.0 Å². The second-order valence-corrected chi connectivity index (χ2v) is 5.83. The van der Waals surface area contributed by atoms with Gasteiger partial charge in [0, 0.05) is 31.4 Å². The fraction of sp³-hybridized carbons (Fsp3) is 0.500. The van der Waals surface area contributed by atoms with Gasteiger partial charge in [-0.15, -0.1) is 0 Å². The Labute approximate surface area is 130 Å². The zero-order valence-electron chi connectivity index (χ0n) is 11.6. The number of hydrogen-bond donors (Lipinski definition) is 2. The van der Waals surface area contributed by atoms with Crippen LogP contribution in [0.15, 0.2) is 18.2 Å². The Balaban J connectivity index is 2.01. The third kappa shape index (κ3) is 4.06. The predicted molar refractivity (Wildman–Crippen MR) is 87.7 cm³/mol. The van der Waals surface area contributed by atoms with Crippen LogP contribution in [0.4, 0.5) is 5.69 Å². The first-order valence-corrected chi connectivity index (χ1v) is 7.51. The van der Waals surface area contributed by atoms with Crippen molar-refractivity contribution in [3.05, 3.63) is 28.8 Å². The maximum atomic E-state index is 6.17. The molecule has 2 rings (SSSR count). The Morgan fingerprint density at radius 2 is 2.20 bits per heavy atom. The van der Waals surface area contributed by atoms with E-state index >= 15 is 0 Å². The fourth-order valence-electron chi connectivity index (χ4n) is 2.38. The van der Waals surface area contributed by atoms with Gasteiger partial charge in [-0.1, -0.05) is 29.9 Å². The van der Waals surface area contributed by atoms with Crippen molar-refractivity contribution in [1.82, 2.24) is 4.90 Å². The van der Waals surface area contributed by atoms with Crippen LogP contribution in [0.25, 0.3) is 0 Å². The molecule has 3 N–H and O–H groups in total. The summed E-state index contributed by atoms with van der Waals surface area (Å²) in [6.45, 7) is 6.66. The Morgan fingerprint density at radius 3 is 2.85 bits per heavy atom. The third-order valence-corrected chi connectivity index (χ3v) is 3.82. The fourth-order valence-corrected chi connectivity index (χ4v) is 2.93. The van der Waals surface area contributed by atoms with E-state index in [9.17, 15) is 0 Å². The summed E-state index contributed by atoms with van der Waals surface area (Å²) in [6.07, 6.45) is 0. The quantitative estimate of drug-likeness (QED) is 0.815. The van der Waals surface area contributed by atoms with E-state index in [1.54, 1.807) is 6.07 Å². The largest absolute Gasteiger partial charge is 0.389 e. The first-order valence-electron chi connectivity index (χ1n) is 6.73. The highest BCUT2D eigenvalue weighted by atomic mass is 35.5. The zero-order chi connectivity index (χ0) is 14.5. The van der Waals surface area contributed by atoms with Crippen molar-refractivity contribution in [3.8, 4) is 0 Å². The minimum Gasteiger partial charge on any atom is -0.389 e. The van der Waals surface area contributed by atoms with Gasteiger partial charge in [0.1, 0.15) is 4.99 Å². The topological polar surface area (TPSA) is 50.5 Å². The molecule has 0 amide bonds. The molecule has 1 unspecified atom stereocenters. The molecule has 20 heavy (non-hydrogen) atoms. The summed E-state index contributed by atoms with van der Waals surface area (Å²) in [5.41, 5.74) is 7.37. The molecule has 0 bridgehead atoms. The summed E-state index contributed by atoms with van der Waals surface area (Å²) in [4.78, 5) is 2.70. The van der Waals surface area contributed by atoms with Crippen molar-refractivity contribution >= 4 is 34.5 Å². The van der Waals surface area contributed by atoms with Crippen LogP contribution in [0.3, 0.4) is 0 Å². The van der Waals surface area contributed by atoms with E-state index in [0.717, 1.165) is 44.1 Å². The number of anilines is 1. The molecule has 0 radical (unpaired) electrons. The van der Waals surface area contributed by atoms with Gasteiger partial charge in [0.05, 0.1) is 23.8 Å². The van der Waals surface area contributed by atoms with E-state index in [-0.39, 0.29) is 6.04 Å². The van der Waals surface area contributed by atoms with Gasteiger partial charge < -0.3 is 15.8 Å². The molecule has 1 aliphatic rings. The summed E-state index contributed by atoms with van der Waals surface area (Å²) < 4.78 is 5.35. The SMILES string of the molecule is CC(CN1CCOCC1)Nc1cccc(Cl)c1C(N)=S. The Morgan fingerprint density at radius 1 is 1.50 bits per heavy atom. The minimum atomic E-state index is 0.277. The molecular formula is C14H20ClN3OS. The summed E-state index contributed by atoms with van der Waals surface area (Å²) in [5, 5.41) is 4.03. The van der Waals surface area contributed by atoms with Crippen molar-refractivity contribution in [2.75, 3.05) is 38.2 Å². The summed E-state index contributed by atoms with van der Waals surface area (Å²) in [6, 6.07) is 5.93. The number of hydrogen-bond acceptors (Lipinski definition) is 4. The molecule has 110 valence electrons. The lowest BCUT2D eigenvalue weighted by atomic mass is 10.1. The van der Waals surface area contributed by atoms with Crippen LogP contribution >= 0.6 is 23.8 Å². The number of nitrogens with one attached hydrogen (secondary N) is 1. The van der Waals surface area contributed by atoms with E-state index in [2.05, 4.69) is 17.1 Å². The van der Waals surface area contributed by atoms with Crippen molar-refractivity contribution in [2.45, 2.75) is 13.0 Å². The summed E-state index contributed by atoms with van der Waals surface area (Å²) in [5.74, 6) is 0. The third-order valence-electron chi connectivity index (χ3n) is 3.30. The van der Waals surface area contributed by atoms with Gasteiger partial charge in [0.15, 0.2) is 0 Å². The maximum absolute atomic E-state index is 6.17. The Bertz CT molecular complexity index is 477. The summed E-state index contributed by atoms with van der Waals surface area (Å²) >= 11 is 11.2. The van der Waals surface area contributed by atoms with Crippen LogP contribution in [-0.2, 0) is 4.74 Å². The average molecular weight is 314 g/mol. The van der Waals surface area contributed by atoms with E-state index < -0.39 is 0 Å². The monoisotopic (exact) mass is 313 g/mol. The van der Waals surface area contributed by atoms with Gasteiger partial charge in [-0.2, -0.15) is 0 Å². The molecule has 1 saturated heterocycles. The normalized spacial score (nSPS) is 17.7. The Kier molecular flexibility index (Phi) is 5.60.